The molecule has 1 aromatic heterocycles. The number of aliphatic hydroxyl groups is 1. The number of aliphatic hydroxyl groups excluding tert-OH is 1. The highest BCUT2D eigenvalue weighted by Gasteiger charge is 2.23. The minimum atomic E-state index is -3.76. The summed E-state index contributed by atoms with van der Waals surface area (Å²) in [4.78, 5) is 21.5. The fourth-order valence-corrected chi connectivity index (χ4v) is 4.61. The minimum Gasteiger partial charge on any atom is -0.392 e. The van der Waals surface area contributed by atoms with Gasteiger partial charge in [0.1, 0.15) is 6.10 Å². The maximum atomic E-state index is 13.2. The summed E-state index contributed by atoms with van der Waals surface area (Å²) in [6, 6.07) is 5.30. The molecule has 0 saturated carbocycles. The first-order valence-electron chi connectivity index (χ1n) is 9.76. The monoisotopic (exact) mass is 486 g/mol. The number of nitrogens with one attached hydrogen (secondary N) is 2. The molecule has 1 aliphatic heterocycles. The lowest BCUT2D eigenvalue weighted by Crippen LogP contribution is -2.38. The number of ether oxygens (including phenoxy) is 1. The smallest absolute Gasteiger partial charge is 0.280 e. The van der Waals surface area contributed by atoms with Gasteiger partial charge in [0, 0.05) is 24.8 Å². The van der Waals surface area contributed by atoms with Crippen LogP contribution in [0.15, 0.2) is 40.5 Å². The van der Waals surface area contributed by atoms with Crippen LogP contribution in [0.25, 0.3) is 0 Å². The van der Waals surface area contributed by atoms with Gasteiger partial charge < -0.3 is 14.7 Å². The topological polar surface area (TPSA) is 139 Å². The molecule has 10 nitrogen and oxygen atoms in total. The SMILES string of the molecule is C[C@H](CO)ON=C(C(=O)Nc1ncc(F)s1)c1ccc(S(=O)(=O)NC2CCOCC2)cc1. The number of carbonyl (C=O) groups is 1. The molecule has 1 aromatic carbocycles. The third-order valence-corrected chi connectivity index (χ3v) is 6.71. The number of hydrogen-bond donors (Lipinski definition) is 3. The van der Waals surface area contributed by atoms with Crippen molar-refractivity contribution in [1.29, 1.82) is 0 Å². The third-order valence-electron chi connectivity index (χ3n) is 4.48. The average molecular weight is 487 g/mol. The number of carbonyl (C=O) groups excluding carboxylic acids is 1. The van der Waals surface area contributed by atoms with E-state index < -0.39 is 27.2 Å². The van der Waals surface area contributed by atoms with Crippen molar-refractivity contribution in [1.82, 2.24) is 9.71 Å². The quantitative estimate of drug-likeness (QED) is 0.360. The average Bonchev–Trinajstić information content (AvgIpc) is 3.18. The molecule has 0 aliphatic carbocycles. The van der Waals surface area contributed by atoms with E-state index in [0.29, 0.717) is 37.4 Å². The Labute approximate surface area is 188 Å². The Morgan fingerprint density at radius 3 is 2.66 bits per heavy atom. The highest BCUT2D eigenvalue weighted by molar-refractivity contribution is 7.89. The molecule has 3 rings (SSSR count). The molecular weight excluding hydrogens is 463 g/mol. The van der Waals surface area contributed by atoms with Gasteiger partial charge in [0.15, 0.2) is 16.0 Å². The first-order chi connectivity index (χ1) is 15.3. The van der Waals surface area contributed by atoms with E-state index in [1.807, 2.05) is 0 Å². The molecule has 174 valence electrons. The largest absolute Gasteiger partial charge is 0.392 e. The molecule has 1 saturated heterocycles. The van der Waals surface area contributed by atoms with Crippen LogP contribution in [0.5, 0.6) is 0 Å². The van der Waals surface area contributed by atoms with Crippen LogP contribution in [0.3, 0.4) is 0 Å². The molecule has 1 fully saturated rings. The molecule has 1 atom stereocenters. The minimum absolute atomic E-state index is 0.0234. The lowest BCUT2D eigenvalue weighted by Gasteiger charge is -2.23. The Balaban J connectivity index is 1.80. The zero-order valence-corrected chi connectivity index (χ0v) is 18.8. The van der Waals surface area contributed by atoms with Crippen molar-refractivity contribution in [2.45, 2.75) is 36.8 Å². The van der Waals surface area contributed by atoms with Crippen molar-refractivity contribution in [3.8, 4) is 0 Å². The molecule has 0 radical (unpaired) electrons. The van der Waals surface area contributed by atoms with E-state index in [0.717, 1.165) is 6.20 Å². The van der Waals surface area contributed by atoms with Crippen molar-refractivity contribution in [2.24, 2.45) is 5.16 Å². The number of rotatable bonds is 9. The highest BCUT2D eigenvalue weighted by atomic mass is 32.2. The van der Waals surface area contributed by atoms with Crippen LogP contribution < -0.4 is 10.0 Å². The number of nitrogens with zero attached hydrogens (tertiary/aromatic N) is 2. The fraction of sp³-hybridized carbons (Fsp3) is 0.421. The van der Waals surface area contributed by atoms with E-state index in [1.54, 1.807) is 6.92 Å². The number of amides is 1. The van der Waals surface area contributed by atoms with Crippen molar-refractivity contribution in [3.63, 3.8) is 0 Å². The van der Waals surface area contributed by atoms with Gasteiger partial charge in [-0.3, -0.25) is 10.1 Å². The van der Waals surface area contributed by atoms with Gasteiger partial charge in [-0.1, -0.05) is 28.6 Å². The van der Waals surface area contributed by atoms with Crippen LogP contribution in [0.2, 0.25) is 0 Å². The third kappa shape index (κ3) is 6.53. The number of oxime groups is 1. The standard InChI is InChI=1S/C19H23FN4O6S2/c1-12(11-25)30-23-17(18(26)22-19-21-10-16(20)31-19)13-2-4-15(5-3-13)32(27,28)24-14-6-8-29-9-7-14/h2-5,10,12,14,24-25H,6-9,11H2,1H3,(H,21,22,26)/t12-/m1/s1. The molecule has 32 heavy (non-hydrogen) atoms. The first kappa shape index (κ1) is 24.2. The molecule has 2 aromatic rings. The maximum absolute atomic E-state index is 13.2. The predicted octanol–water partition coefficient (Wildman–Crippen LogP) is 1.48. The number of hydrogen-bond acceptors (Lipinski definition) is 9. The summed E-state index contributed by atoms with van der Waals surface area (Å²) in [5.41, 5.74) is 0.0666. The van der Waals surface area contributed by atoms with E-state index in [9.17, 15) is 17.6 Å². The maximum Gasteiger partial charge on any atom is 0.280 e. The summed E-state index contributed by atoms with van der Waals surface area (Å²) < 4.78 is 46.4. The number of benzene rings is 1. The summed E-state index contributed by atoms with van der Waals surface area (Å²) in [5, 5.41) is 14.8. The van der Waals surface area contributed by atoms with Crippen molar-refractivity contribution >= 4 is 38.1 Å². The molecule has 0 spiro atoms. The van der Waals surface area contributed by atoms with Crippen LogP contribution in [0.4, 0.5) is 9.52 Å². The van der Waals surface area contributed by atoms with Gasteiger partial charge in [0.2, 0.25) is 10.0 Å². The lowest BCUT2D eigenvalue weighted by molar-refractivity contribution is -0.110. The van der Waals surface area contributed by atoms with Gasteiger partial charge in [-0.05, 0) is 31.9 Å². The highest BCUT2D eigenvalue weighted by Crippen LogP contribution is 2.18. The second kappa shape index (κ2) is 10.9. The summed E-state index contributed by atoms with van der Waals surface area (Å²) in [6.07, 6.45) is 1.46. The van der Waals surface area contributed by atoms with Gasteiger partial charge in [-0.15, -0.1) is 0 Å². The van der Waals surface area contributed by atoms with Crippen LogP contribution in [-0.4, -0.2) is 62.1 Å². The Kier molecular flexibility index (Phi) is 8.26. The second-order valence-corrected chi connectivity index (χ2v) is 9.69. The molecule has 0 bridgehead atoms. The number of halogens is 1. The Morgan fingerprint density at radius 2 is 2.06 bits per heavy atom. The Morgan fingerprint density at radius 1 is 1.38 bits per heavy atom. The summed E-state index contributed by atoms with van der Waals surface area (Å²) in [6.45, 7) is 2.21. The molecule has 3 N–H and O–H groups in total. The normalized spacial score (nSPS) is 16.5. The van der Waals surface area contributed by atoms with E-state index in [-0.39, 0.29) is 34.0 Å². The molecule has 1 aliphatic rings. The van der Waals surface area contributed by atoms with Gasteiger partial charge in [0.25, 0.3) is 5.91 Å². The van der Waals surface area contributed by atoms with Gasteiger partial charge in [0.05, 0.1) is 17.7 Å². The summed E-state index contributed by atoms with van der Waals surface area (Å²) in [5.74, 6) is -0.736. The van der Waals surface area contributed by atoms with E-state index >= 15 is 0 Å². The van der Waals surface area contributed by atoms with Crippen molar-refractivity contribution in [2.75, 3.05) is 25.1 Å². The Hall–Kier alpha value is -2.45. The number of aromatic nitrogens is 1. The summed E-state index contributed by atoms with van der Waals surface area (Å²) in [7, 11) is -3.76. The van der Waals surface area contributed by atoms with E-state index in [2.05, 4.69) is 20.2 Å². The molecule has 1 amide bonds. The van der Waals surface area contributed by atoms with Gasteiger partial charge in [-0.25, -0.2) is 18.1 Å². The van der Waals surface area contributed by atoms with Crippen LogP contribution >= 0.6 is 11.3 Å². The molecule has 2 heterocycles. The van der Waals surface area contributed by atoms with Gasteiger partial charge in [-0.2, -0.15) is 4.39 Å². The number of sulfonamides is 1. The number of thiazole rings is 1. The summed E-state index contributed by atoms with van der Waals surface area (Å²) >= 11 is 0.638. The van der Waals surface area contributed by atoms with Crippen LogP contribution in [0.1, 0.15) is 25.3 Å². The molecular formula is C19H23FN4O6S2. The lowest BCUT2D eigenvalue weighted by atomic mass is 10.1. The predicted molar refractivity (Wildman–Crippen MR) is 115 cm³/mol. The van der Waals surface area contributed by atoms with Crippen LogP contribution in [0, 0.1) is 5.13 Å². The van der Waals surface area contributed by atoms with E-state index in [4.69, 9.17) is 14.7 Å². The number of anilines is 1. The fourth-order valence-electron chi connectivity index (χ4n) is 2.76. The zero-order valence-electron chi connectivity index (χ0n) is 17.2. The van der Waals surface area contributed by atoms with Crippen molar-refractivity contribution < 1.29 is 32.3 Å². The van der Waals surface area contributed by atoms with Crippen LogP contribution in [-0.2, 0) is 24.4 Å². The molecule has 13 heteroatoms. The second-order valence-electron chi connectivity index (χ2n) is 6.99. The molecule has 0 unspecified atom stereocenters. The van der Waals surface area contributed by atoms with Gasteiger partial charge >= 0.3 is 0 Å². The van der Waals surface area contributed by atoms with E-state index in [1.165, 1.54) is 24.3 Å². The first-order valence-corrected chi connectivity index (χ1v) is 12.1. The zero-order chi connectivity index (χ0) is 23.1. The van der Waals surface area contributed by atoms with Crippen molar-refractivity contribution in [3.05, 3.63) is 41.2 Å². The Bertz CT molecular complexity index is 1050.